The van der Waals surface area contributed by atoms with Crippen LogP contribution in [-0.2, 0) is 16.1 Å². The quantitative estimate of drug-likeness (QED) is 0.627. The third kappa shape index (κ3) is 8.58. The van der Waals surface area contributed by atoms with E-state index >= 15 is 0 Å². The first kappa shape index (κ1) is 24.1. The molecule has 0 aromatic heterocycles. The Labute approximate surface area is 184 Å². The maximum atomic E-state index is 12.9. The van der Waals surface area contributed by atoms with E-state index in [0.717, 1.165) is 16.1 Å². The topological polar surface area (TPSA) is 77.1 Å². The minimum Gasteiger partial charge on any atom is -0.489 e. The number of hydrogen-bond acceptors (Lipinski definition) is 5. The van der Waals surface area contributed by atoms with Gasteiger partial charge < -0.3 is 14.2 Å². The van der Waals surface area contributed by atoms with E-state index in [1.165, 1.54) is 0 Å². The summed E-state index contributed by atoms with van der Waals surface area (Å²) in [5, 5.41) is 1.03. The molecule has 2 aromatic carbocycles. The Hall–Kier alpha value is -3.22. The molecule has 0 fully saturated rings. The number of aryl methyl sites for hydroxylation is 1. The lowest BCUT2D eigenvalue weighted by Gasteiger charge is -2.29. The normalized spacial score (nSPS) is 11.5. The summed E-state index contributed by atoms with van der Waals surface area (Å²) in [6.07, 6.45) is -1.51. The van der Waals surface area contributed by atoms with Crippen molar-refractivity contribution in [2.45, 2.75) is 66.3 Å². The highest BCUT2D eigenvalue weighted by molar-refractivity contribution is 5.91. The van der Waals surface area contributed by atoms with E-state index in [9.17, 15) is 9.59 Å². The summed E-state index contributed by atoms with van der Waals surface area (Å²) in [6.45, 7) is 12.7. The Kier molecular flexibility index (Phi) is 7.55. The van der Waals surface area contributed by atoms with Crippen molar-refractivity contribution in [3.05, 3.63) is 59.7 Å². The highest BCUT2D eigenvalue weighted by atomic mass is 16.6. The molecule has 0 aliphatic carbocycles. The number of benzene rings is 2. The number of nitrogens with one attached hydrogen (secondary N) is 1. The van der Waals surface area contributed by atoms with Crippen molar-refractivity contribution in [1.82, 2.24) is 5.43 Å². The molecule has 0 saturated carbocycles. The number of nitrogens with zero attached hydrogens (tertiary/aromatic N) is 1. The number of anilines is 1. The van der Waals surface area contributed by atoms with E-state index in [2.05, 4.69) is 5.43 Å². The Balaban J connectivity index is 2.29. The standard InChI is InChI=1S/C24H32N2O5/c1-17-13-19(15-20(14-17)29-16-18-11-9-8-10-12-18)26(22(28)31-24(5,6)7)25-21(27)30-23(2,3)4/h8-15H,16H2,1-7H3,(H,25,27). The Bertz CT molecular complexity index is 898. The second kappa shape index (κ2) is 9.73. The lowest BCUT2D eigenvalue weighted by molar-refractivity contribution is 0.0425. The molecule has 0 heterocycles. The van der Waals surface area contributed by atoms with E-state index in [4.69, 9.17) is 14.2 Å². The minimum absolute atomic E-state index is 0.371. The van der Waals surface area contributed by atoms with Gasteiger partial charge in [-0.05, 0) is 71.7 Å². The van der Waals surface area contributed by atoms with Crippen LogP contribution in [0.3, 0.4) is 0 Å². The van der Waals surface area contributed by atoms with Crippen molar-refractivity contribution in [1.29, 1.82) is 0 Å². The van der Waals surface area contributed by atoms with Crippen LogP contribution in [0.15, 0.2) is 48.5 Å². The van der Waals surface area contributed by atoms with Crippen molar-refractivity contribution in [2.24, 2.45) is 0 Å². The zero-order valence-corrected chi connectivity index (χ0v) is 19.3. The summed E-state index contributed by atoms with van der Waals surface area (Å²) >= 11 is 0. The minimum atomic E-state index is -0.772. The lowest BCUT2D eigenvalue weighted by Crippen LogP contribution is -2.50. The van der Waals surface area contributed by atoms with Gasteiger partial charge in [-0.2, -0.15) is 5.01 Å². The van der Waals surface area contributed by atoms with Crippen molar-refractivity contribution in [3.8, 4) is 5.75 Å². The van der Waals surface area contributed by atoms with Gasteiger partial charge in [0.1, 0.15) is 23.6 Å². The van der Waals surface area contributed by atoms with Gasteiger partial charge in [0.05, 0.1) is 5.69 Å². The van der Waals surface area contributed by atoms with Gasteiger partial charge in [-0.3, -0.25) is 0 Å². The predicted molar refractivity (Wildman–Crippen MR) is 120 cm³/mol. The van der Waals surface area contributed by atoms with Gasteiger partial charge in [-0.15, -0.1) is 0 Å². The molecule has 0 spiro atoms. The van der Waals surface area contributed by atoms with Crippen LogP contribution in [0.5, 0.6) is 5.75 Å². The van der Waals surface area contributed by atoms with Gasteiger partial charge in [0.25, 0.3) is 0 Å². The van der Waals surface area contributed by atoms with Crippen molar-refractivity contribution < 1.29 is 23.8 Å². The van der Waals surface area contributed by atoms with E-state index in [0.29, 0.717) is 18.0 Å². The Morgan fingerprint density at radius 2 is 1.52 bits per heavy atom. The number of carbonyl (C=O) groups excluding carboxylic acids is 2. The van der Waals surface area contributed by atoms with Crippen LogP contribution in [0.25, 0.3) is 0 Å². The molecule has 7 nitrogen and oxygen atoms in total. The van der Waals surface area contributed by atoms with E-state index < -0.39 is 23.4 Å². The highest BCUT2D eigenvalue weighted by Gasteiger charge is 2.27. The van der Waals surface area contributed by atoms with Gasteiger partial charge in [0.2, 0.25) is 0 Å². The molecular weight excluding hydrogens is 396 g/mol. The fraction of sp³-hybridized carbons (Fsp3) is 0.417. The van der Waals surface area contributed by atoms with Crippen molar-refractivity contribution >= 4 is 17.9 Å². The molecule has 0 atom stereocenters. The fourth-order valence-electron chi connectivity index (χ4n) is 2.60. The number of hydrazine groups is 1. The zero-order chi connectivity index (χ0) is 23.2. The fourth-order valence-corrected chi connectivity index (χ4v) is 2.60. The molecular formula is C24H32N2O5. The third-order valence-electron chi connectivity index (χ3n) is 3.72. The van der Waals surface area contributed by atoms with Crippen molar-refractivity contribution in [2.75, 3.05) is 5.01 Å². The van der Waals surface area contributed by atoms with E-state index in [1.54, 1.807) is 53.7 Å². The van der Waals surface area contributed by atoms with Crippen LogP contribution >= 0.6 is 0 Å². The zero-order valence-electron chi connectivity index (χ0n) is 19.3. The maximum Gasteiger partial charge on any atom is 0.434 e. The van der Waals surface area contributed by atoms with E-state index in [1.807, 2.05) is 43.3 Å². The molecule has 0 bridgehead atoms. The first-order chi connectivity index (χ1) is 14.3. The summed E-state index contributed by atoms with van der Waals surface area (Å²) < 4.78 is 16.7. The second-order valence-corrected chi connectivity index (χ2v) is 9.21. The van der Waals surface area contributed by atoms with Crippen LogP contribution < -0.4 is 15.2 Å². The summed E-state index contributed by atoms with van der Waals surface area (Å²) in [7, 11) is 0. The number of amides is 2. The van der Waals surface area contributed by atoms with Gasteiger partial charge in [0.15, 0.2) is 0 Å². The van der Waals surface area contributed by atoms with Crippen LogP contribution in [-0.4, -0.2) is 23.4 Å². The molecule has 2 amide bonds. The van der Waals surface area contributed by atoms with Crippen LogP contribution in [0.4, 0.5) is 15.3 Å². The van der Waals surface area contributed by atoms with Gasteiger partial charge in [0, 0.05) is 6.07 Å². The van der Waals surface area contributed by atoms with Gasteiger partial charge >= 0.3 is 12.2 Å². The van der Waals surface area contributed by atoms with Crippen LogP contribution in [0.1, 0.15) is 52.7 Å². The number of carbonyl (C=O) groups is 2. The molecule has 31 heavy (non-hydrogen) atoms. The highest BCUT2D eigenvalue weighted by Crippen LogP contribution is 2.25. The maximum absolute atomic E-state index is 12.9. The molecule has 0 saturated heterocycles. The Morgan fingerprint density at radius 3 is 2.10 bits per heavy atom. The first-order valence-electron chi connectivity index (χ1n) is 10.1. The van der Waals surface area contributed by atoms with Crippen LogP contribution in [0.2, 0.25) is 0 Å². The van der Waals surface area contributed by atoms with Gasteiger partial charge in [-0.1, -0.05) is 30.3 Å². The summed E-state index contributed by atoms with van der Waals surface area (Å²) in [5.74, 6) is 0.554. The van der Waals surface area contributed by atoms with Gasteiger partial charge in [-0.25, -0.2) is 15.0 Å². The average molecular weight is 429 g/mol. The summed E-state index contributed by atoms with van der Waals surface area (Å²) in [4.78, 5) is 25.2. The second-order valence-electron chi connectivity index (χ2n) is 9.21. The monoisotopic (exact) mass is 428 g/mol. The average Bonchev–Trinajstić information content (AvgIpc) is 2.62. The number of rotatable bonds is 4. The predicted octanol–water partition coefficient (Wildman–Crippen LogP) is 5.76. The smallest absolute Gasteiger partial charge is 0.434 e. The third-order valence-corrected chi connectivity index (χ3v) is 3.72. The summed E-state index contributed by atoms with van der Waals surface area (Å²) in [6, 6.07) is 15.0. The number of hydrogen-bond donors (Lipinski definition) is 1. The molecule has 0 aliphatic heterocycles. The summed E-state index contributed by atoms with van der Waals surface area (Å²) in [5.41, 5.74) is 3.27. The Morgan fingerprint density at radius 1 is 0.903 bits per heavy atom. The molecule has 168 valence electrons. The first-order valence-corrected chi connectivity index (χ1v) is 10.1. The molecule has 7 heteroatoms. The molecule has 0 radical (unpaired) electrons. The van der Waals surface area contributed by atoms with Crippen molar-refractivity contribution in [3.63, 3.8) is 0 Å². The molecule has 1 N–H and O–H groups in total. The van der Waals surface area contributed by atoms with E-state index in [-0.39, 0.29) is 0 Å². The number of ether oxygens (including phenoxy) is 3. The molecule has 0 unspecified atom stereocenters. The SMILES string of the molecule is Cc1cc(OCc2ccccc2)cc(N(NC(=O)OC(C)(C)C)C(=O)OC(C)(C)C)c1. The largest absolute Gasteiger partial charge is 0.489 e. The lowest BCUT2D eigenvalue weighted by atomic mass is 10.2. The molecule has 2 rings (SSSR count). The van der Waals surface area contributed by atoms with Crippen LogP contribution in [0, 0.1) is 6.92 Å². The molecule has 0 aliphatic rings. The molecule has 2 aromatic rings.